The molecule has 5 nitrogen and oxygen atoms in total. The summed E-state index contributed by atoms with van der Waals surface area (Å²) in [6, 6.07) is 15.6. The topological polar surface area (TPSA) is 53.8 Å². The highest BCUT2D eigenvalue weighted by molar-refractivity contribution is 7.80. The van der Waals surface area contributed by atoms with Gasteiger partial charge in [-0.15, -0.1) is 0 Å². The van der Waals surface area contributed by atoms with Crippen LogP contribution in [0.5, 0.6) is 5.75 Å². The molecule has 1 aliphatic heterocycles. The number of hydrogen-bond donors (Lipinski definition) is 2. The molecule has 1 saturated heterocycles. The molecule has 0 aromatic heterocycles. The number of nitrogens with two attached hydrogens (primary N) is 1. The van der Waals surface area contributed by atoms with Crippen LogP contribution in [0.25, 0.3) is 0 Å². The Balaban J connectivity index is 1.26. The van der Waals surface area contributed by atoms with Gasteiger partial charge in [0.2, 0.25) is 0 Å². The number of thiocarbonyl (C=S) groups is 2. The lowest BCUT2D eigenvalue weighted by Gasteiger charge is -2.22. The number of nitrogens with one attached hydrogen (secondary N) is 1. The van der Waals surface area contributed by atoms with Crippen molar-refractivity contribution in [1.82, 2.24) is 4.90 Å². The molecule has 3 rings (SSSR count). The van der Waals surface area contributed by atoms with Gasteiger partial charge in [-0.3, -0.25) is 0 Å². The molecule has 1 heterocycles. The second kappa shape index (κ2) is 12.1. The quantitative estimate of drug-likeness (QED) is 0.331. The van der Waals surface area contributed by atoms with Gasteiger partial charge in [0.05, 0.1) is 6.61 Å². The Hall–Kier alpha value is -2.09. The standard InChI is InChI=1S/C23H29ClN4OS2/c24-18-9-11-20(12-10-18)28-15-14-27(23(28)31)13-4-2-1-3-5-16-29-21-8-6-7-19(17-21)26-22(25)30/h6-12,17H,1-5,13-16H2,(H3,25,26,30). The molecule has 3 N–H and O–H groups in total. The number of anilines is 2. The molecule has 0 saturated carbocycles. The number of ether oxygens (including phenoxy) is 1. The zero-order valence-electron chi connectivity index (χ0n) is 17.6. The fraction of sp³-hybridized carbons (Fsp3) is 0.391. The van der Waals surface area contributed by atoms with Crippen LogP contribution in [0, 0.1) is 0 Å². The third-order valence-electron chi connectivity index (χ3n) is 5.18. The second-order valence-electron chi connectivity index (χ2n) is 7.53. The van der Waals surface area contributed by atoms with E-state index < -0.39 is 0 Å². The van der Waals surface area contributed by atoms with Crippen LogP contribution in [0.4, 0.5) is 11.4 Å². The number of unbranched alkanes of at least 4 members (excludes halogenated alkanes) is 4. The van der Waals surface area contributed by atoms with Gasteiger partial charge in [-0.25, -0.2) is 0 Å². The summed E-state index contributed by atoms with van der Waals surface area (Å²) in [5.41, 5.74) is 7.46. The van der Waals surface area contributed by atoms with E-state index in [9.17, 15) is 0 Å². The van der Waals surface area contributed by atoms with Crippen molar-refractivity contribution in [2.45, 2.75) is 32.1 Å². The Kier molecular flexibility index (Phi) is 9.18. The van der Waals surface area contributed by atoms with Crippen molar-refractivity contribution >= 4 is 57.6 Å². The molecule has 8 heteroatoms. The maximum absolute atomic E-state index is 5.99. The summed E-state index contributed by atoms with van der Waals surface area (Å²) in [5.74, 6) is 0.828. The van der Waals surface area contributed by atoms with Gasteiger partial charge in [0.25, 0.3) is 0 Å². The molecule has 2 aromatic carbocycles. The Morgan fingerprint density at radius 2 is 1.77 bits per heavy atom. The molecule has 0 unspecified atom stereocenters. The van der Waals surface area contributed by atoms with Crippen LogP contribution in [0.15, 0.2) is 48.5 Å². The number of nitrogens with zero attached hydrogens (tertiary/aromatic N) is 2. The van der Waals surface area contributed by atoms with Crippen molar-refractivity contribution in [3.63, 3.8) is 0 Å². The first-order valence-electron chi connectivity index (χ1n) is 10.6. The summed E-state index contributed by atoms with van der Waals surface area (Å²) < 4.78 is 5.83. The van der Waals surface area contributed by atoms with E-state index in [1.165, 1.54) is 12.8 Å². The molecule has 0 atom stereocenters. The lowest BCUT2D eigenvalue weighted by atomic mass is 10.1. The predicted molar refractivity (Wildman–Crippen MR) is 138 cm³/mol. The number of rotatable bonds is 11. The van der Waals surface area contributed by atoms with Gasteiger partial charge in [0.15, 0.2) is 10.2 Å². The molecule has 31 heavy (non-hydrogen) atoms. The van der Waals surface area contributed by atoms with Crippen LogP contribution < -0.4 is 20.7 Å². The fourth-order valence-corrected chi connectivity index (χ4v) is 4.20. The van der Waals surface area contributed by atoms with Crippen LogP contribution >= 0.6 is 36.0 Å². The average molecular weight is 477 g/mol. The highest BCUT2D eigenvalue weighted by atomic mass is 35.5. The van der Waals surface area contributed by atoms with Gasteiger partial charge in [-0.05, 0) is 73.7 Å². The van der Waals surface area contributed by atoms with Crippen LogP contribution in [0.3, 0.4) is 0 Å². The summed E-state index contributed by atoms with van der Waals surface area (Å²) in [6.45, 7) is 3.65. The largest absolute Gasteiger partial charge is 0.494 e. The van der Waals surface area contributed by atoms with E-state index in [4.69, 9.17) is 46.5 Å². The third-order valence-corrected chi connectivity index (χ3v) is 6.01. The van der Waals surface area contributed by atoms with E-state index in [-0.39, 0.29) is 5.11 Å². The molecule has 2 aromatic rings. The normalized spacial score (nSPS) is 13.5. The molecule has 166 valence electrons. The molecular weight excluding hydrogens is 448 g/mol. The van der Waals surface area contributed by atoms with Crippen LogP contribution in [0.1, 0.15) is 32.1 Å². The minimum Gasteiger partial charge on any atom is -0.494 e. The average Bonchev–Trinajstić information content (AvgIpc) is 3.11. The van der Waals surface area contributed by atoms with Gasteiger partial charge in [-0.2, -0.15) is 0 Å². The smallest absolute Gasteiger partial charge is 0.176 e. The van der Waals surface area contributed by atoms with Gasteiger partial charge < -0.3 is 25.6 Å². The Labute approximate surface area is 200 Å². The Morgan fingerprint density at radius 1 is 1.03 bits per heavy atom. The van der Waals surface area contributed by atoms with Crippen molar-refractivity contribution < 1.29 is 4.74 Å². The van der Waals surface area contributed by atoms with E-state index in [2.05, 4.69) is 15.1 Å². The lowest BCUT2D eigenvalue weighted by Crippen LogP contribution is -2.32. The van der Waals surface area contributed by atoms with Gasteiger partial charge in [-0.1, -0.05) is 36.9 Å². The van der Waals surface area contributed by atoms with E-state index in [0.717, 1.165) is 66.2 Å². The summed E-state index contributed by atoms with van der Waals surface area (Å²) >= 11 is 16.5. The monoisotopic (exact) mass is 476 g/mol. The molecule has 0 spiro atoms. The lowest BCUT2D eigenvalue weighted by molar-refractivity contribution is 0.304. The molecule has 0 amide bonds. The van der Waals surface area contributed by atoms with E-state index in [1.54, 1.807) is 0 Å². The van der Waals surface area contributed by atoms with E-state index in [0.29, 0.717) is 6.61 Å². The molecule has 0 radical (unpaired) electrons. The Morgan fingerprint density at radius 3 is 2.55 bits per heavy atom. The summed E-state index contributed by atoms with van der Waals surface area (Å²) in [5, 5.41) is 4.84. The summed E-state index contributed by atoms with van der Waals surface area (Å²) in [4.78, 5) is 4.50. The third kappa shape index (κ3) is 7.52. The van der Waals surface area contributed by atoms with Crippen molar-refractivity contribution in [3.8, 4) is 5.75 Å². The molecule has 0 bridgehead atoms. The zero-order chi connectivity index (χ0) is 22.1. The summed E-state index contributed by atoms with van der Waals surface area (Å²) in [6.07, 6.45) is 5.76. The Bertz CT molecular complexity index is 878. The van der Waals surface area contributed by atoms with Crippen LogP contribution in [-0.4, -0.2) is 41.4 Å². The molecule has 1 fully saturated rings. The fourth-order valence-electron chi connectivity index (χ4n) is 3.58. The number of halogens is 1. The maximum Gasteiger partial charge on any atom is 0.176 e. The second-order valence-corrected chi connectivity index (χ2v) is 8.77. The molecule has 1 aliphatic rings. The number of benzene rings is 2. The molecular formula is C23H29ClN4OS2. The van der Waals surface area contributed by atoms with Gasteiger partial charge >= 0.3 is 0 Å². The first-order valence-corrected chi connectivity index (χ1v) is 11.8. The minimum atomic E-state index is 0.254. The first kappa shape index (κ1) is 23.6. The van der Waals surface area contributed by atoms with Crippen molar-refractivity contribution in [3.05, 3.63) is 53.6 Å². The van der Waals surface area contributed by atoms with Crippen molar-refractivity contribution in [2.24, 2.45) is 5.73 Å². The van der Waals surface area contributed by atoms with Crippen LogP contribution in [0.2, 0.25) is 5.02 Å². The zero-order valence-corrected chi connectivity index (χ0v) is 19.9. The first-order chi connectivity index (χ1) is 15.0. The highest BCUT2D eigenvalue weighted by Crippen LogP contribution is 2.23. The van der Waals surface area contributed by atoms with E-state index in [1.807, 2.05) is 48.5 Å². The van der Waals surface area contributed by atoms with Crippen molar-refractivity contribution in [1.29, 1.82) is 0 Å². The summed E-state index contributed by atoms with van der Waals surface area (Å²) in [7, 11) is 0. The number of hydrogen-bond acceptors (Lipinski definition) is 3. The minimum absolute atomic E-state index is 0.254. The molecule has 0 aliphatic carbocycles. The SMILES string of the molecule is NC(=S)Nc1cccc(OCCCCCCCN2CCN(c3ccc(Cl)cc3)C2=S)c1. The van der Waals surface area contributed by atoms with Crippen molar-refractivity contribution in [2.75, 3.05) is 36.5 Å². The van der Waals surface area contributed by atoms with E-state index >= 15 is 0 Å². The maximum atomic E-state index is 5.99. The van der Waals surface area contributed by atoms with Crippen LogP contribution in [-0.2, 0) is 0 Å². The predicted octanol–water partition coefficient (Wildman–Crippen LogP) is 5.43. The van der Waals surface area contributed by atoms with Gasteiger partial charge in [0.1, 0.15) is 5.75 Å². The highest BCUT2D eigenvalue weighted by Gasteiger charge is 2.25. The van der Waals surface area contributed by atoms with Gasteiger partial charge in [0, 0.05) is 42.1 Å².